The van der Waals surface area contributed by atoms with Crippen LogP contribution >= 0.6 is 0 Å². The van der Waals surface area contributed by atoms with Crippen LogP contribution in [0.25, 0.3) is 0 Å². The van der Waals surface area contributed by atoms with Crippen LogP contribution < -0.4 is 10.2 Å². The number of pyridine rings is 1. The van der Waals surface area contributed by atoms with Gasteiger partial charge < -0.3 is 10.2 Å². The summed E-state index contributed by atoms with van der Waals surface area (Å²) in [4.78, 5) is 29.2. The molecule has 2 amide bonds. The molecule has 2 aromatic rings. The molecular weight excluding hydrogens is 292 g/mol. The van der Waals surface area contributed by atoms with Gasteiger partial charge in [-0.1, -0.05) is 12.1 Å². The van der Waals surface area contributed by atoms with Crippen molar-refractivity contribution in [1.29, 1.82) is 5.26 Å². The average molecular weight is 308 g/mol. The van der Waals surface area contributed by atoms with E-state index in [2.05, 4.69) is 10.3 Å². The maximum absolute atomic E-state index is 12.1. The highest BCUT2D eigenvalue weighted by molar-refractivity contribution is 5.97. The fourth-order valence-corrected chi connectivity index (χ4v) is 2.03. The van der Waals surface area contributed by atoms with E-state index in [1.54, 1.807) is 42.7 Å². The molecule has 23 heavy (non-hydrogen) atoms. The molecule has 0 bridgehead atoms. The van der Waals surface area contributed by atoms with Gasteiger partial charge in [-0.15, -0.1) is 0 Å². The summed E-state index contributed by atoms with van der Waals surface area (Å²) in [5.74, 6) is -0.553. The number of carbonyl (C=O) groups excluding carboxylic acids is 2. The molecule has 1 aromatic heterocycles. The SMILES string of the molecule is CC(=O)N(CC(=O)NCc1cccnc1)c1cccc(C#N)c1. The molecule has 0 saturated heterocycles. The van der Waals surface area contributed by atoms with Crippen LogP contribution in [0, 0.1) is 11.3 Å². The molecule has 0 fully saturated rings. The minimum Gasteiger partial charge on any atom is -0.350 e. The van der Waals surface area contributed by atoms with Crippen LogP contribution in [0.4, 0.5) is 5.69 Å². The zero-order chi connectivity index (χ0) is 16.7. The smallest absolute Gasteiger partial charge is 0.240 e. The molecule has 0 radical (unpaired) electrons. The number of rotatable bonds is 5. The second kappa shape index (κ2) is 7.71. The Morgan fingerprint density at radius 3 is 2.78 bits per heavy atom. The summed E-state index contributed by atoms with van der Waals surface area (Å²) in [5, 5.41) is 11.7. The fourth-order valence-electron chi connectivity index (χ4n) is 2.03. The third kappa shape index (κ3) is 4.64. The molecule has 0 unspecified atom stereocenters. The molecule has 6 heteroatoms. The maximum Gasteiger partial charge on any atom is 0.240 e. The number of nitrogens with zero attached hydrogens (tertiary/aromatic N) is 3. The highest BCUT2D eigenvalue weighted by Crippen LogP contribution is 2.16. The molecule has 0 aliphatic carbocycles. The summed E-state index contributed by atoms with van der Waals surface area (Å²) in [6.07, 6.45) is 3.32. The van der Waals surface area contributed by atoms with E-state index in [9.17, 15) is 9.59 Å². The summed E-state index contributed by atoms with van der Waals surface area (Å²) in [6.45, 7) is 1.62. The fraction of sp³-hybridized carbons (Fsp3) is 0.176. The number of carbonyl (C=O) groups is 2. The van der Waals surface area contributed by atoms with Crippen molar-refractivity contribution in [1.82, 2.24) is 10.3 Å². The number of hydrogen-bond acceptors (Lipinski definition) is 4. The topological polar surface area (TPSA) is 86.1 Å². The summed E-state index contributed by atoms with van der Waals surface area (Å²) < 4.78 is 0. The van der Waals surface area contributed by atoms with Gasteiger partial charge in [-0.3, -0.25) is 14.6 Å². The van der Waals surface area contributed by atoms with Gasteiger partial charge in [0.25, 0.3) is 0 Å². The van der Waals surface area contributed by atoms with Crippen molar-refractivity contribution in [2.75, 3.05) is 11.4 Å². The molecular formula is C17H16N4O2. The van der Waals surface area contributed by atoms with Crippen LogP contribution in [0.3, 0.4) is 0 Å². The molecule has 1 N–H and O–H groups in total. The number of hydrogen-bond donors (Lipinski definition) is 1. The van der Waals surface area contributed by atoms with E-state index in [0.29, 0.717) is 17.8 Å². The van der Waals surface area contributed by atoms with Crippen molar-refractivity contribution in [3.63, 3.8) is 0 Å². The first-order valence-electron chi connectivity index (χ1n) is 7.04. The zero-order valence-corrected chi connectivity index (χ0v) is 12.7. The van der Waals surface area contributed by atoms with E-state index in [4.69, 9.17) is 5.26 Å². The van der Waals surface area contributed by atoms with E-state index in [1.807, 2.05) is 12.1 Å². The Morgan fingerprint density at radius 1 is 1.30 bits per heavy atom. The number of nitriles is 1. The number of aromatic nitrogens is 1. The molecule has 0 aliphatic rings. The van der Waals surface area contributed by atoms with Crippen LogP contribution in [0.15, 0.2) is 48.8 Å². The molecule has 1 aromatic carbocycles. The van der Waals surface area contributed by atoms with Crippen LogP contribution in [0.2, 0.25) is 0 Å². The van der Waals surface area contributed by atoms with Gasteiger partial charge in [0.05, 0.1) is 11.6 Å². The molecule has 6 nitrogen and oxygen atoms in total. The minimum absolute atomic E-state index is 0.107. The van der Waals surface area contributed by atoms with Crippen molar-refractivity contribution < 1.29 is 9.59 Å². The quantitative estimate of drug-likeness (QED) is 0.909. The molecule has 0 atom stereocenters. The van der Waals surface area contributed by atoms with Crippen molar-refractivity contribution in [2.45, 2.75) is 13.5 Å². The molecule has 0 spiro atoms. The van der Waals surface area contributed by atoms with Gasteiger partial charge >= 0.3 is 0 Å². The van der Waals surface area contributed by atoms with E-state index in [1.165, 1.54) is 11.8 Å². The molecule has 1 heterocycles. The van der Waals surface area contributed by atoms with Gasteiger partial charge in [-0.2, -0.15) is 5.26 Å². The Morgan fingerprint density at radius 2 is 2.13 bits per heavy atom. The lowest BCUT2D eigenvalue weighted by atomic mass is 10.2. The van der Waals surface area contributed by atoms with Crippen LogP contribution in [-0.4, -0.2) is 23.3 Å². The third-order valence-electron chi connectivity index (χ3n) is 3.18. The molecule has 2 rings (SSSR count). The van der Waals surface area contributed by atoms with Crippen molar-refractivity contribution >= 4 is 17.5 Å². The lowest BCUT2D eigenvalue weighted by Crippen LogP contribution is -2.39. The van der Waals surface area contributed by atoms with Gasteiger partial charge in [-0.25, -0.2) is 0 Å². The Balaban J connectivity index is 2.03. The van der Waals surface area contributed by atoms with E-state index < -0.39 is 0 Å². The third-order valence-corrected chi connectivity index (χ3v) is 3.18. The minimum atomic E-state index is -0.286. The average Bonchev–Trinajstić information content (AvgIpc) is 2.58. The summed E-state index contributed by atoms with van der Waals surface area (Å²) >= 11 is 0. The summed E-state index contributed by atoms with van der Waals surface area (Å²) in [7, 11) is 0. The Bertz CT molecular complexity index is 738. The van der Waals surface area contributed by atoms with Crippen LogP contribution in [0.1, 0.15) is 18.1 Å². The van der Waals surface area contributed by atoms with E-state index in [-0.39, 0.29) is 18.4 Å². The van der Waals surface area contributed by atoms with Crippen molar-refractivity contribution in [2.24, 2.45) is 0 Å². The Labute approximate surface area is 134 Å². The largest absolute Gasteiger partial charge is 0.350 e. The second-order valence-corrected chi connectivity index (χ2v) is 4.91. The predicted octanol–water partition coefficient (Wildman–Crippen LogP) is 1.62. The van der Waals surface area contributed by atoms with Crippen LogP contribution in [0.5, 0.6) is 0 Å². The number of amides is 2. The first-order chi connectivity index (χ1) is 11.1. The van der Waals surface area contributed by atoms with Gasteiger partial charge in [0, 0.05) is 31.5 Å². The van der Waals surface area contributed by atoms with Gasteiger partial charge in [0.2, 0.25) is 11.8 Å². The highest BCUT2D eigenvalue weighted by atomic mass is 16.2. The van der Waals surface area contributed by atoms with Gasteiger partial charge in [0.15, 0.2) is 0 Å². The normalized spacial score (nSPS) is 9.74. The zero-order valence-electron chi connectivity index (χ0n) is 12.7. The predicted molar refractivity (Wildman–Crippen MR) is 85.3 cm³/mol. The number of nitrogens with one attached hydrogen (secondary N) is 1. The van der Waals surface area contributed by atoms with Crippen molar-refractivity contribution in [3.8, 4) is 6.07 Å². The van der Waals surface area contributed by atoms with Crippen molar-refractivity contribution in [3.05, 3.63) is 59.9 Å². The highest BCUT2D eigenvalue weighted by Gasteiger charge is 2.16. The van der Waals surface area contributed by atoms with Gasteiger partial charge in [-0.05, 0) is 29.8 Å². The summed E-state index contributed by atoms with van der Waals surface area (Å²) in [6, 6.07) is 12.2. The maximum atomic E-state index is 12.1. The standard InChI is InChI=1S/C17H16N4O2/c1-13(22)21(16-6-2-4-14(8-16)9-18)12-17(23)20-11-15-5-3-7-19-10-15/h2-8,10H,11-12H2,1H3,(H,20,23). The lowest BCUT2D eigenvalue weighted by molar-refractivity contribution is -0.123. The van der Waals surface area contributed by atoms with Gasteiger partial charge in [0.1, 0.15) is 6.54 Å². The Hall–Kier alpha value is -3.20. The molecule has 0 aliphatic heterocycles. The van der Waals surface area contributed by atoms with E-state index in [0.717, 1.165) is 5.56 Å². The summed E-state index contributed by atoms with van der Waals surface area (Å²) in [5.41, 5.74) is 1.83. The first kappa shape index (κ1) is 16.2. The van der Waals surface area contributed by atoms with Crippen LogP contribution in [-0.2, 0) is 16.1 Å². The second-order valence-electron chi connectivity index (χ2n) is 4.91. The first-order valence-corrected chi connectivity index (χ1v) is 7.04. The molecule has 116 valence electrons. The number of benzene rings is 1. The number of anilines is 1. The molecule has 0 saturated carbocycles. The lowest BCUT2D eigenvalue weighted by Gasteiger charge is -2.20. The van der Waals surface area contributed by atoms with E-state index >= 15 is 0 Å². The Kier molecular flexibility index (Phi) is 5.42. The monoisotopic (exact) mass is 308 g/mol.